The molecule has 1 aromatic carbocycles. The van der Waals surface area contributed by atoms with Gasteiger partial charge in [0.2, 0.25) is 0 Å². The van der Waals surface area contributed by atoms with Gasteiger partial charge in [-0.25, -0.2) is 13.8 Å². The summed E-state index contributed by atoms with van der Waals surface area (Å²) in [6.45, 7) is 1.77. The van der Waals surface area contributed by atoms with Gasteiger partial charge in [-0.2, -0.15) is 0 Å². The topological polar surface area (TPSA) is 54.9 Å². The van der Waals surface area contributed by atoms with Crippen molar-refractivity contribution < 1.29 is 13.6 Å². The van der Waals surface area contributed by atoms with Crippen LogP contribution < -0.4 is 5.32 Å². The van der Waals surface area contributed by atoms with Crippen LogP contribution in [0.25, 0.3) is 11.1 Å². The van der Waals surface area contributed by atoms with Crippen LogP contribution in [-0.4, -0.2) is 15.9 Å². The molecule has 0 aliphatic rings. The van der Waals surface area contributed by atoms with Crippen molar-refractivity contribution in [1.82, 2.24) is 9.97 Å². The van der Waals surface area contributed by atoms with Crippen molar-refractivity contribution in [2.75, 3.05) is 5.32 Å². The molecule has 0 spiro atoms. The summed E-state index contributed by atoms with van der Waals surface area (Å²) in [6, 6.07) is 6.57. The highest BCUT2D eigenvalue weighted by Gasteiger charge is 2.18. The summed E-state index contributed by atoms with van der Waals surface area (Å²) in [5.74, 6) is -2.27. The molecule has 0 fully saturated rings. The van der Waals surface area contributed by atoms with Crippen LogP contribution in [0.5, 0.6) is 0 Å². The van der Waals surface area contributed by atoms with E-state index in [2.05, 4.69) is 15.3 Å². The number of nitrogens with zero attached hydrogens (tertiary/aromatic N) is 2. The molecule has 3 aromatic rings. The van der Waals surface area contributed by atoms with E-state index in [1.165, 1.54) is 30.6 Å². The summed E-state index contributed by atoms with van der Waals surface area (Å²) in [6.07, 6.45) is 4.39. The van der Waals surface area contributed by atoms with Crippen molar-refractivity contribution in [3.05, 3.63) is 76.7 Å². The van der Waals surface area contributed by atoms with Crippen LogP contribution >= 0.6 is 11.6 Å². The number of aryl methyl sites for hydroxylation is 1. The maximum atomic E-state index is 14.2. The molecule has 1 amide bonds. The molecule has 0 aliphatic heterocycles. The number of hydrogen-bond acceptors (Lipinski definition) is 3. The number of nitrogens with one attached hydrogen (secondary N) is 1. The fourth-order valence-corrected chi connectivity index (χ4v) is 2.42. The van der Waals surface area contributed by atoms with Crippen LogP contribution in [0.3, 0.4) is 0 Å². The number of hydrogen-bond donors (Lipinski definition) is 1. The Bertz CT molecular complexity index is 946. The summed E-state index contributed by atoms with van der Waals surface area (Å²) >= 11 is 5.73. The molecule has 25 heavy (non-hydrogen) atoms. The Morgan fingerprint density at radius 3 is 2.56 bits per heavy atom. The maximum Gasteiger partial charge on any atom is 0.259 e. The van der Waals surface area contributed by atoms with Crippen molar-refractivity contribution >= 4 is 23.3 Å². The highest BCUT2D eigenvalue weighted by molar-refractivity contribution is 6.30. The third kappa shape index (κ3) is 3.64. The second-order valence-corrected chi connectivity index (χ2v) is 5.75. The minimum absolute atomic E-state index is 0.0983. The number of benzene rings is 1. The van der Waals surface area contributed by atoms with Gasteiger partial charge in [0.05, 0.1) is 10.6 Å². The molecule has 126 valence electrons. The van der Waals surface area contributed by atoms with Crippen LogP contribution in [0.15, 0.2) is 48.9 Å². The summed E-state index contributed by atoms with van der Waals surface area (Å²) in [5, 5.41) is 2.86. The van der Waals surface area contributed by atoms with Crippen molar-refractivity contribution in [2.24, 2.45) is 0 Å². The van der Waals surface area contributed by atoms with Crippen molar-refractivity contribution in [1.29, 1.82) is 0 Å². The smallest absolute Gasteiger partial charge is 0.259 e. The normalized spacial score (nSPS) is 10.6. The van der Waals surface area contributed by atoms with Gasteiger partial charge in [0.1, 0.15) is 17.5 Å². The molecule has 0 bridgehead atoms. The predicted molar refractivity (Wildman–Crippen MR) is 91.5 cm³/mol. The Morgan fingerprint density at radius 2 is 1.88 bits per heavy atom. The van der Waals surface area contributed by atoms with Gasteiger partial charge in [-0.15, -0.1) is 0 Å². The molecule has 0 saturated carbocycles. The van der Waals surface area contributed by atoms with Crippen molar-refractivity contribution in [3.63, 3.8) is 0 Å². The van der Waals surface area contributed by atoms with Crippen molar-refractivity contribution in [2.45, 2.75) is 6.92 Å². The summed E-state index contributed by atoms with van der Waals surface area (Å²) < 4.78 is 28.3. The molecule has 3 rings (SSSR count). The molecule has 0 saturated heterocycles. The predicted octanol–water partition coefficient (Wildman–Crippen LogP) is 4.64. The first kappa shape index (κ1) is 17.0. The van der Waals surface area contributed by atoms with E-state index in [4.69, 9.17) is 11.6 Å². The lowest BCUT2D eigenvalue weighted by Crippen LogP contribution is -2.15. The van der Waals surface area contributed by atoms with Gasteiger partial charge >= 0.3 is 0 Å². The standard InChI is InChI=1S/C18H12ClF2N3O/c1-10-4-5-22-9-14(10)12-6-13(16(21)7-15(12)20)18(25)24-17-3-2-11(19)8-23-17/h2-9H,1H3,(H,23,24,25). The molecule has 0 radical (unpaired) electrons. The quantitative estimate of drug-likeness (QED) is 0.741. The Hall–Kier alpha value is -2.86. The highest BCUT2D eigenvalue weighted by Crippen LogP contribution is 2.28. The number of anilines is 1. The number of carbonyl (C=O) groups excluding carboxylic acids is 1. The SMILES string of the molecule is Cc1ccncc1-c1cc(C(=O)Nc2ccc(Cl)cn2)c(F)cc1F. The molecule has 0 aliphatic carbocycles. The van der Waals surface area contributed by atoms with E-state index in [-0.39, 0.29) is 16.9 Å². The highest BCUT2D eigenvalue weighted by atomic mass is 35.5. The first-order chi connectivity index (χ1) is 12.0. The molecular weight excluding hydrogens is 348 g/mol. The largest absolute Gasteiger partial charge is 0.306 e. The number of amides is 1. The van der Waals surface area contributed by atoms with Crippen LogP contribution in [0.1, 0.15) is 15.9 Å². The second-order valence-electron chi connectivity index (χ2n) is 5.32. The van der Waals surface area contributed by atoms with Crippen LogP contribution in [0, 0.1) is 18.6 Å². The third-order valence-corrected chi connectivity index (χ3v) is 3.82. The lowest BCUT2D eigenvalue weighted by Gasteiger charge is -2.10. The van der Waals surface area contributed by atoms with E-state index in [1.54, 1.807) is 19.2 Å². The first-order valence-corrected chi connectivity index (χ1v) is 7.66. The Kier molecular flexibility index (Phi) is 4.72. The molecule has 2 heterocycles. The lowest BCUT2D eigenvalue weighted by molar-refractivity contribution is 0.102. The van der Waals surface area contributed by atoms with E-state index in [0.717, 1.165) is 5.56 Å². The monoisotopic (exact) mass is 359 g/mol. The fourth-order valence-electron chi connectivity index (χ4n) is 2.31. The van der Waals surface area contributed by atoms with E-state index < -0.39 is 17.5 Å². The molecule has 1 N–H and O–H groups in total. The van der Waals surface area contributed by atoms with E-state index in [0.29, 0.717) is 16.7 Å². The number of pyridine rings is 2. The van der Waals surface area contributed by atoms with Gasteiger partial charge in [0.25, 0.3) is 5.91 Å². The van der Waals surface area contributed by atoms with E-state index in [9.17, 15) is 13.6 Å². The molecule has 4 nitrogen and oxygen atoms in total. The number of rotatable bonds is 3. The van der Waals surface area contributed by atoms with Gasteiger partial charge in [-0.05, 0) is 36.8 Å². The maximum absolute atomic E-state index is 14.2. The first-order valence-electron chi connectivity index (χ1n) is 7.28. The molecule has 0 atom stereocenters. The number of halogens is 3. The average Bonchev–Trinajstić information content (AvgIpc) is 2.58. The van der Waals surface area contributed by atoms with Crippen LogP contribution in [0.2, 0.25) is 5.02 Å². The molecule has 0 unspecified atom stereocenters. The minimum atomic E-state index is -0.964. The summed E-state index contributed by atoms with van der Waals surface area (Å²) in [7, 11) is 0. The Morgan fingerprint density at radius 1 is 1.08 bits per heavy atom. The van der Waals surface area contributed by atoms with Gasteiger partial charge in [-0.1, -0.05) is 11.6 Å². The second kappa shape index (κ2) is 6.94. The lowest BCUT2D eigenvalue weighted by atomic mass is 9.99. The zero-order valence-electron chi connectivity index (χ0n) is 13.1. The fraction of sp³-hybridized carbons (Fsp3) is 0.0556. The van der Waals surface area contributed by atoms with Gasteiger partial charge in [0.15, 0.2) is 0 Å². The van der Waals surface area contributed by atoms with Gasteiger partial charge in [0, 0.05) is 35.8 Å². The summed E-state index contributed by atoms with van der Waals surface area (Å²) in [4.78, 5) is 20.2. The van der Waals surface area contributed by atoms with E-state index in [1.807, 2.05) is 0 Å². The van der Waals surface area contributed by atoms with Gasteiger partial charge in [-0.3, -0.25) is 9.78 Å². The van der Waals surface area contributed by atoms with E-state index >= 15 is 0 Å². The van der Waals surface area contributed by atoms with Crippen LogP contribution in [0.4, 0.5) is 14.6 Å². The average molecular weight is 360 g/mol. The third-order valence-electron chi connectivity index (χ3n) is 3.60. The minimum Gasteiger partial charge on any atom is -0.306 e. The summed E-state index contributed by atoms with van der Waals surface area (Å²) in [5.41, 5.74) is 1.04. The van der Waals surface area contributed by atoms with Crippen molar-refractivity contribution in [3.8, 4) is 11.1 Å². The molecular formula is C18H12ClF2N3O. The molecule has 7 heteroatoms. The Labute approximate surface area is 147 Å². The zero-order chi connectivity index (χ0) is 18.0. The van der Waals surface area contributed by atoms with Crippen LogP contribution in [-0.2, 0) is 0 Å². The number of aromatic nitrogens is 2. The zero-order valence-corrected chi connectivity index (χ0v) is 13.8. The molecule has 2 aromatic heterocycles. The Balaban J connectivity index is 1.99. The van der Waals surface area contributed by atoms with Gasteiger partial charge < -0.3 is 5.32 Å². The number of carbonyl (C=O) groups is 1.